The zero-order chi connectivity index (χ0) is 14.6. The van der Waals surface area contributed by atoms with Crippen molar-refractivity contribution < 1.29 is 19.8 Å². The number of hydrogen-bond acceptors (Lipinski definition) is 3. The highest BCUT2D eigenvalue weighted by Crippen LogP contribution is 2.27. The lowest BCUT2D eigenvalue weighted by molar-refractivity contribution is -0.146. The van der Waals surface area contributed by atoms with E-state index in [2.05, 4.69) is 26.6 Å². The van der Waals surface area contributed by atoms with Crippen molar-refractivity contribution in [1.82, 2.24) is 5.32 Å². The summed E-state index contributed by atoms with van der Waals surface area (Å²) in [6.07, 6.45) is -1.62. The van der Waals surface area contributed by atoms with Crippen LogP contribution in [0.4, 0.5) is 10.5 Å². The average Bonchev–Trinajstić information content (AvgIpc) is 2.30. The van der Waals surface area contributed by atoms with Crippen molar-refractivity contribution in [2.24, 2.45) is 0 Å². The normalized spacial score (nSPS) is 11.8. The predicted molar refractivity (Wildman–Crippen MR) is 74.3 cm³/mol. The van der Waals surface area contributed by atoms with Gasteiger partial charge in [-0.05, 0) is 47.0 Å². The number of aliphatic carboxylic acids is 1. The molecule has 0 spiro atoms. The van der Waals surface area contributed by atoms with Crippen molar-refractivity contribution in [2.75, 3.05) is 11.9 Å². The smallest absolute Gasteiger partial charge is 0.334 e. The number of carbonyl (C=O) groups excluding carboxylic acids is 1. The number of amides is 2. The minimum atomic E-state index is -1.62. The third kappa shape index (κ3) is 4.53. The molecule has 0 aliphatic carbocycles. The Kier molecular flexibility index (Phi) is 5.31. The molecule has 0 bridgehead atoms. The molecule has 1 aromatic rings. The zero-order valence-corrected chi connectivity index (χ0v) is 12.1. The van der Waals surface area contributed by atoms with Crippen LogP contribution in [0.5, 0.6) is 0 Å². The highest BCUT2D eigenvalue weighted by molar-refractivity contribution is 9.10. The first kappa shape index (κ1) is 15.5. The average molecular weight is 331 g/mol. The maximum Gasteiger partial charge on any atom is 0.334 e. The largest absolute Gasteiger partial charge is 0.479 e. The molecule has 0 aliphatic rings. The van der Waals surface area contributed by atoms with Gasteiger partial charge in [-0.3, -0.25) is 0 Å². The summed E-state index contributed by atoms with van der Waals surface area (Å²) in [5.41, 5.74) is 2.53. The van der Waals surface area contributed by atoms with E-state index in [4.69, 9.17) is 10.2 Å². The lowest BCUT2D eigenvalue weighted by Crippen LogP contribution is -2.38. The van der Waals surface area contributed by atoms with Crippen LogP contribution in [0.2, 0.25) is 0 Å². The molecule has 0 aromatic heterocycles. The topological polar surface area (TPSA) is 98.7 Å². The number of hydrogen-bond donors (Lipinski definition) is 4. The standard InChI is InChI=1S/C12H15BrN2O4/c1-6-3-7(2)10(8(13)4-6)15-12(19)14-5-9(16)11(17)18/h3-4,9,16H,5H2,1-2H3,(H,17,18)(H2,14,15,19). The van der Waals surface area contributed by atoms with Gasteiger partial charge in [-0.15, -0.1) is 0 Å². The number of carboxylic acid groups (broad SMARTS) is 1. The molecule has 0 aliphatic heterocycles. The molecule has 1 aromatic carbocycles. The van der Waals surface area contributed by atoms with Crippen LogP contribution in [0, 0.1) is 13.8 Å². The molecule has 19 heavy (non-hydrogen) atoms. The summed E-state index contributed by atoms with van der Waals surface area (Å²) in [5.74, 6) is -1.38. The van der Waals surface area contributed by atoms with E-state index in [0.717, 1.165) is 15.6 Å². The van der Waals surface area contributed by atoms with Crippen molar-refractivity contribution in [2.45, 2.75) is 20.0 Å². The molecule has 1 unspecified atom stereocenters. The van der Waals surface area contributed by atoms with Crippen LogP contribution in [0.3, 0.4) is 0 Å². The fraction of sp³-hybridized carbons (Fsp3) is 0.333. The quantitative estimate of drug-likeness (QED) is 0.674. The molecule has 4 N–H and O–H groups in total. The van der Waals surface area contributed by atoms with Gasteiger partial charge in [0.05, 0.1) is 12.2 Å². The number of benzene rings is 1. The highest BCUT2D eigenvalue weighted by atomic mass is 79.9. The Morgan fingerprint density at radius 3 is 2.53 bits per heavy atom. The number of halogens is 1. The number of aryl methyl sites for hydroxylation is 2. The van der Waals surface area contributed by atoms with E-state index in [-0.39, 0.29) is 6.54 Å². The van der Waals surface area contributed by atoms with Crippen molar-refractivity contribution in [3.63, 3.8) is 0 Å². The van der Waals surface area contributed by atoms with Gasteiger partial charge in [0.25, 0.3) is 0 Å². The van der Waals surface area contributed by atoms with Crippen molar-refractivity contribution >= 4 is 33.6 Å². The van der Waals surface area contributed by atoms with Crippen molar-refractivity contribution in [1.29, 1.82) is 0 Å². The molecule has 0 radical (unpaired) electrons. The molecule has 6 nitrogen and oxygen atoms in total. The maximum absolute atomic E-state index is 11.6. The van der Waals surface area contributed by atoms with E-state index >= 15 is 0 Å². The Bertz CT molecular complexity index is 481. The van der Waals surface area contributed by atoms with Crippen molar-refractivity contribution in [3.8, 4) is 0 Å². The summed E-state index contributed by atoms with van der Waals surface area (Å²) in [5, 5.41) is 22.4. The molecule has 2 amide bonds. The Morgan fingerprint density at radius 2 is 2.00 bits per heavy atom. The van der Waals surface area contributed by atoms with E-state index in [1.807, 2.05) is 26.0 Å². The van der Waals surface area contributed by atoms with Gasteiger partial charge in [-0.25, -0.2) is 9.59 Å². The second-order valence-electron chi connectivity index (χ2n) is 4.13. The van der Waals surface area contributed by atoms with E-state index in [9.17, 15) is 9.59 Å². The molecule has 104 valence electrons. The molecule has 7 heteroatoms. The molecule has 1 rings (SSSR count). The van der Waals surface area contributed by atoms with Gasteiger partial charge in [0, 0.05) is 4.47 Å². The number of aliphatic hydroxyl groups is 1. The number of carbonyl (C=O) groups is 2. The first-order valence-electron chi connectivity index (χ1n) is 5.53. The fourth-order valence-corrected chi connectivity index (χ4v) is 2.28. The Hall–Kier alpha value is -1.60. The van der Waals surface area contributed by atoms with Crippen LogP contribution in [-0.2, 0) is 4.79 Å². The first-order chi connectivity index (χ1) is 8.81. The number of aliphatic hydroxyl groups excluding tert-OH is 1. The van der Waals surface area contributed by atoms with Gasteiger partial charge < -0.3 is 20.8 Å². The number of nitrogens with one attached hydrogen (secondary N) is 2. The van der Waals surface area contributed by atoms with E-state index < -0.39 is 18.1 Å². The molecular weight excluding hydrogens is 316 g/mol. The van der Waals surface area contributed by atoms with Gasteiger partial charge in [-0.2, -0.15) is 0 Å². The lowest BCUT2D eigenvalue weighted by atomic mass is 10.1. The van der Waals surface area contributed by atoms with Crippen LogP contribution in [0.15, 0.2) is 16.6 Å². The Morgan fingerprint density at radius 1 is 1.37 bits per heavy atom. The second-order valence-corrected chi connectivity index (χ2v) is 4.98. The minimum Gasteiger partial charge on any atom is -0.479 e. The van der Waals surface area contributed by atoms with E-state index in [1.165, 1.54) is 0 Å². The van der Waals surface area contributed by atoms with Gasteiger partial charge in [0.1, 0.15) is 0 Å². The van der Waals surface area contributed by atoms with Crippen molar-refractivity contribution in [3.05, 3.63) is 27.7 Å². The number of carboxylic acids is 1. The summed E-state index contributed by atoms with van der Waals surface area (Å²) < 4.78 is 0.735. The number of anilines is 1. The molecule has 0 fully saturated rings. The predicted octanol–water partition coefficient (Wildman–Crippen LogP) is 1.63. The van der Waals surface area contributed by atoms with Crippen LogP contribution >= 0.6 is 15.9 Å². The maximum atomic E-state index is 11.6. The molecule has 0 heterocycles. The SMILES string of the molecule is Cc1cc(C)c(NC(=O)NCC(O)C(=O)O)c(Br)c1. The summed E-state index contributed by atoms with van der Waals surface area (Å²) in [7, 11) is 0. The first-order valence-corrected chi connectivity index (χ1v) is 6.33. The highest BCUT2D eigenvalue weighted by Gasteiger charge is 2.15. The zero-order valence-electron chi connectivity index (χ0n) is 10.5. The van der Waals surface area contributed by atoms with Gasteiger partial charge in [0.2, 0.25) is 0 Å². The van der Waals surface area contributed by atoms with Gasteiger partial charge in [0.15, 0.2) is 6.10 Å². The van der Waals surface area contributed by atoms with Crippen LogP contribution < -0.4 is 10.6 Å². The molecule has 1 atom stereocenters. The van der Waals surface area contributed by atoms with Crippen LogP contribution in [-0.4, -0.2) is 34.9 Å². The second kappa shape index (κ2) is 6.53. The third-order valence-corrected chi connectivity index (χ3v) is 3.04. The Labute approximate surface area is 118 Å². The van der Waals surface area contributed by atoms with Gasteiger partial charge in [-0.1, -0.05) is 6.07 Å². The third-order valence-electron chi connectivity index (χ3n) is 2.41. The monoisotopic (exact) mass is 330 g/mol. The summed E-state index contributed by atoms with van der Waals surface area (Å²) in [6, 6.07) is 3.19. The molecular formula is C12H15BrN2O4. The Balaban J connectivity index is 2.65. The lowest BCUT2D eigenvalue weighted by Gasteiger charge is -2.13. The van der Waals surface area contributed by atoms with Gasteiger partial charge >= 0.3 is 12.0 Å². The number of urea groups is 1. The van der Waals surface area contributed by atoms with Crippen LogP contribution in [0.25, 0.3) is 0 Å². The summed E-state index contributed by atoms with van der Waals surface area (Å²) >= 11 is 3.34. The minimum absolute atomic E-state index is 0.357. The van der Waals surface area contributed by atoms with E-state index in [1.54, 1.807) is 0 Å². The number of rotatable bonds is 4. The fourth-order valence-electron chi connectivity index (χ4n) is 1.51. The summed E-state index contributed by atoms with van der Waals surface area (Å²) in [4.78, 5) is 22.0. The summed E-state index contributed by atoms with van der Waals surface area (Å²) in [6.45, 7) is 3.42. The molecule has 0 saturated heterocycles. The molecule has 0 saturated carbocycles. The van der Waals surface area contributed by atoms with E-state index in [0.29, 0.717) is 5.69 Å². The van der Waals surface area contributed by atoms with Crippen LogP contribution in [0.1, 0.15) is 11.1 Å².